The van der Waals surface area contributed by atoms with E-state index in [-0.39, 0.29) is 17.6 Å². The van der Waals surface area contributed by atoms with Gasteiger partial charge >= 0.3 is 0 Å². The standard InChI is InChI=1S/C17H29FN4O2S/c1-14(9-12-25(4,23)24)21-17(19-2)20-10-6-11-22(3)16-8-5-7-15(18)13-16/h5,7-8,13-14H,6,9-12H2,1-4H3,(H2,19,20,21). The number of rotatable bonds is 9. The van der Waals surface area contributed by atoms with E-state index in [0.29, 0.717) is 18.9 Å². The van der Waals surface area contributed by atoms with Crippen molar-refractivity contribution in [1.29, 1.82) is 0 Å². The van der Waals surface area contributed by atoms with Gasteiger partial charge in [0.25, 0.3) is 0 Å². The van der Waals surface area contributed by atoms with E-state index in [1.54, 1.807) is 13.1 Å². The lowest BCUT2D eigenvalue weighted by atomic mass is 10.2. The predicted octanol–water partition coefficient (Wildman–Crippen LogP) is 1.64. The summed E-state index contributed by atoms with van der Waals surface area (Å²) < 4.78 is 35.6. The Morgan fingerprint density at radius 1 is 1.40 bits per heavy atom. The van der Waals surface area contributed by atoms with Gasteiger partial charge in [0, 0.05) is 45.2 Å². The molecule has 0 spiro atoms. The van der Waals surface area contributed by atoms with Crippen molar-refractivity contribution in [1.82, 2.24) is 10.6 Å². The number of aliphatic imine (C=N–C) groups is 1. The Hall–Kier alpha value is -1.83. The van der Waals surface area contributed by atoms with Gasteiger partial charge in [-0.3, -0.25) is 4.99 Å². The van der Waals surface area contributed by atoms with Gasteiger partial charge in [0.2, 0.25) is 0 Å². The highest BCUT2D eigenvalue weighted by molar-refractivity contribution is 7.90. The van der Waals surface area contributed by atoms with Crippen molar-refractivity contribution in [2.24, 2.45) is 4.99 Å². The molecule has 0 aliphatic heterocycles. The molecule has 2 N–H and O–H groups in total. The van der Waals surface area contributed by atoms with Gasteiger partial charge in [0.15, 0.2) is 5.96 Å². The first-order valence-corrected chi connectivity index (χ1v) is 10.4. The van der Waals surface area contributed by atoms with Gasteiger partial charge in [0.05, 0.1) is 5.75 Å². The fourth-order valence-corrected chi connectivity index (χ4v) is 3.04. The van der Waals surface area contributed by atoms with Gasteiger partial charge in [0.1, 0.15) is 15.7 Å². The number of hydrogen-bond donors (Lipinski definition) is 2. The van der Waals surface area contributed by atoms with Gasteiger partial charge in [-0.15, -0.1) is 0 Å². The molecule has 0 radical (unpaired) electrons. The highest BCUT2D eigenvalue weighted by Crippen LogP contribution is 2.13. The van der Waals surface area contributed by atoms with E-state index in [0.717, 1.165) is 18.7 Å². The van der Waals surface area contributed by atoms with Crippen molar-refractivity contribution in [3.05, 3.63) is 30.1 Å². The number of sulfone groups is 1. The summed E-state index contributed by atoms with van der Waals surface area (Å²) >= 11 is 0. The summed E-state index contributed by atoms with van der Waals surface area (Å²) in [7, 11) is 0.650. The van der Waals surface area contributed by atoms with E-state index in [9.17, 15) is 12.8 Å². The smallest absolute Gasteiger partial charge is 0.191 e. The lowest BCUT2D eigenvalue weighted by Gasteiger charge is -2.21. The van der Waals surface area contributed by atoms with Crippen LogP contribution < -0.4 is 15.5 Å². The molecule has 1 atom stereocenters. The summed E-state index contributed by atoms with van der Waals surface area (Å²) in [4.78, 5) is 6.14. The maximum atomic E-state index is 13.2. The van der Waals surface area contributed by atoms with Crippen LogP contribution in [-0.4, -0.2) is 59.6 Å². The molecule has 1 aromatic carbocycles. The Labute approximate surface area is 150 Å². The largest absolute Gasteiger partial charge is 0.374 e. The Morgan fingerprint density at radius 3 is 2.72 bits per heavy atom. The third kappa shape index (κ3) is 9.28. The second kappa shape index (κ2) is 10.2. The van der Waals surface area contributed by atoms with E-state index in [2.05, 4.69) is 15.6 Å². The van der Waals surface area contributed by atoms with Crippen molar-refractivity contribution < 1.29 is 12.8 Å². The van der Waals surface area contributed by atoms with Crippen LogP contribution in [0, 0.1) is 5.82 Å². The molecule has 0 aliphatic rings. The third-order valence-corrected chi connectivity index (χ3v) is 4.72. The summed E-state index contributed by atoms with van der Waals surface area (Å²) in [5.74, 6) is 0.556. The van der Waals surface area contributed by atoms with Gasteiger partial charge < -0.3 is 15.5 Å². The summed E-state index contributed by atoms with van der Waals surface area (Å²) in [5, 5.41) is 6.38. The summed E-state index contributed by atoms with van der Waals surface area (Å²) in [6.07, 6.45) is 2.62. The summed E-state index contributed by atoms with van der Waals surface area (Å²) in [6.45, 7) is 3.41. The van der Waals surface area contributed by atoms with Crippen molar-refractivity contribution in [2.45, 2.75) is 25.8 Å². The second-order valence-corrected chi connectivity index (χ2v) is 8.48. The molecular formula is C17H29FN4O2S. The maximum Gasteiger partial charge on any atom is 0.191 e. The summed E-state index contributed by atoms with van der Waals surface area (Å²) in [5.41, 5.74) is 0.844. The first-order valence-electron chi connectivity index (χ1n) is 8.33. The fourth-order valence-electron chi connectivity index (χ4n) is 2.26. The van der Waals surface area contributed by atoms with Crippen LogP contribution in [0.25, 0.3) is 0 Å². The Balaban J connectivity index is 2.31. The van der Waals surface area contributed by atoms with Crippen LogP contribution in [0.15, 0.2) is 29.3 Å². The van der Waals surface area contributed by atoms with E-state index in [4.69, 9.17) is 0 Å². The Kier molecular flexibility index (Phi) is 8.68. The molecule has 0 aromatic heterocycles. The molecule has 0 heterocycles. The van der Waals surface area contributed by atoms with Crippen molar-refractivity contribution in [2.75, 3.05) is 44.1 Å². The number of guanidine groups is 1. The fraction of sp³-hybridized carbons (Fsp3) is 0.588. The third-order valence-electron chi connectivity index (χ3n) is 3.74. The number of nitrogens with zero attached hydrogens (tertiary/aromatic N) is 2. The maximum absolute atomic E-state index is 13.2. The molecular weight excluding hydrogens is 343 g/mol. The zero-order valence-corrected chi connectivity index (χ0v) is 16.2. The number of hydrogen-bond acceptors (Lipinski definition) is 4. The van der Waals surface area contributed by atoms with Gasteiger partial charge in [-0.25, -0.2) is 12.8 Å². The molecule has 1 aromatic rings. The van der Waals surface area contributed by atoms with Crippen molar-refractivity contribution in [3.8, 4) is 0 Å². The van der Waals surface area contributed by atoms with E-state index >= 15 is 0 Å². The number of halogens is 1. The van der Waals surface area contributed by atoms with Gasteiger partial charge in [-0.05, 0) is 38.0 Å². The quantitative estimate of drug-likeness (QED) is 0.392. The molecule has 6 nitrogen and oxygen atoms in total. The van der Waals surface area contributed by atoms with Crippen LogP contribution in [-0.2, 0) is 9.84 Å². The Morgan fingerprint density at radius 2 is 2.12 bits per heavy atom. The van der Waals surface area contributed by atoms with Crippen molar-refractivity contribution >= 4 is 21.5 Å². The van der Waals surface area contributed by atoms with Gasteiger partial charge in [-0.2, -0.15) is 0 Å². The van der Waals surface area contributed by atoms with Gasteiger partial charge in [-0.1, -0.05) is 6.07 Å². The molecule has 0 saturated heterocycles. The second-order valence-electron chi connectivity index (χ2n) is 6.22. The molecule has 8 heteroatoms. The zero-order valence-electron chi connectivity index (χ0n) is 15.4. The van der Waals surface area contributed by atoms with Crippen LogP contribution in [0.4, 0.5) is 10.1 Å². The number of anilines is 1. The van der Waals surface area contributed by atoms with Crippen LogP contribution in [0.3, 0.4) is 0 Å². The van der Waals surface area contributed by atoms with Crippen LogP contribution in [0.1, 0.15) is 19.8 Å². The summed E-state index contributed by atoms with van der Waals surface area (Å²) in [6, 6.07) is 6.52. The molecule has 0 amide bonds. The van der Waals surface area contributed by atoms with Crippen LogP contribution in [0.2, 0.25) is 0 Å². The monoisotopic (exact) mass is 372 g/mol. The first-order chi connectivity index (χ1) is 11.7. The highest BCUT2D eigenvalue weighted by atomic mass is 32.2. The predicted molar refractivity (Wildman–Crippen MR) is 103 cm³/mol. The highest BCUT2D eigenvalue weighted by Gasteiger charge is 2.09. The lowest BCUT2D eigenvalue weighted by molar-refractivity contribution is 0.580. The van der Waals surface area contributed by atoms with E-state index in [1.165, 1.54) is 18.4 Å². The molecule has 142 valence electrons. The molecule has 0 bridgehead atoms. The molecule has 0 fully saturated rings. The first kappa shape index (κ1) is 21.2. The zero-order chi connectivity index (χ0) is 18.9. The van der Waals surface area contributed by atoms with Crippen molar-refractivity contribution in [3.63, 3.8) is 0 Å². The molecule has 1 rings (SSSR count). The topological polar surface area (TPSA) is 73.8 Å². The molecule has 0 saturated carbocycles. The number of nitrogens with one attached hydrogen (secondary N) is 2. The van der Waals surface area contributed by atoms with Crippen LogP contribution in [0.5, 0.6) is 0 Å². The average Bonchev–Trinajstić information content (AvgIpc) is 2.54. The SMILES string of the molecule is CN=C(NCCCN(C)c1cccc(F)c1)NC(C)CCS(C)(=O)=O. The lowest BCUT2D eigenvalue weighted by Crippen LogP contribution is -2.43. The molecule has 25 heavy (non-hydrogen) atoms. The average molecular weight is 373 g/mol. The van der Waals surface area contributed by atoms with E-state index < -0.39 is 9.84 Å². The minimum atomic E-state index is -2.95. The normalized spacial score (nSPS) is 13.4. The minimum absolute atomic E-state index is 0.0101. The molecule has 0 aliphatic carbocycles. The Bertz CT molecular complexity index is 664. The number of benzene rings is 1. The van der Waals surface area contributed by atoms with E-state index in [1.807, 2.05) is 24.9 Å². The minimum Gasteiger partial charge on any atom is -0.374 e. The van der Waals surface area contributed by atoms with Crippen LogP contribution >= 0.6 is 0 Å². The molecule has 1 unspecified atom stereocenters.